The van der Waals surface area contributed by atoms with Gasteiger partial charge in [-0.15, -0.1) is 0 Å². The van der Waals surface area contributed by atoms with Crippen LogP contribution in [0.5, 0.6) is 0 Å². The van der Waals surface area contributed by atoms with Crippen LogP contribution in [0, 0.1) is 11.3 Å². The van der Waals surface area contributed by atoms with E-state index in [1.54, 1.807) is 17.2 Å². The molecule has 3 aromatic heterocycles. The molecule has 0 atom stereocenters. The van der Waals surface area contributed by atoms with E-state index in [0.717, 1.165) is 11.3 Å². The molecule has 3 heterocycles. The molecule has 0 amide bonds. The molecule has 0 fully saturated rings. The molecular weight excluding hydrogens is 266 g/mol. The molecule has 0 spiro atoms. The summed E-state index contributed by atoms with van der Waals surface area (Å²) in [7, 11) is 1.86. The van der Waals surface area contributed by atoms with Gasteiger partial charge in [-0.2, -0.15) is 10.4 Å². The maximum absolute atomic E-state index is 8.92. The number of pyridine rings is 1. The minimum Gasteiger partial charge on any atom is -0.380 e. The Hall–Kier alpha value is -3.14. The van der Waals surface area contributed by atoms with E-state index < -0.39 is 0 Å². The highest BCUT2D eigenvalue weighted by Gasteiger charge is 2.03. The van der Waals surface area contributed by atoms with Crippen LogP contribution in [0.3, 0.4) is 0 Å². The molecule has 0 aliphatic rings. The number of aryl methyl sites for hydroxylation is 1. The highest BCUT2D eigenvalue weighted by Crippen LogP contribution is 2.12. The fourth-order valence-electron chi connectivity index (χ4n) is 2.00. The monoisotopic (exact) mass is 279 g/mol. The molecule has 104 valence electrons. The third kappa shape index (κ3) is 2.74. The van der Waals surface area contributed by atoms with Crippen molar-refractivity contribution in [3.8, 4) is 11.9 Å². The molecule has 21 heavy (non-hydrogen) atoms. The summed E-state index contributed by atoms with van der Waals surface area (Å²) in [6.07, 6.45) is 6.74. The third-order valence-corrected chi connectivity index (χ3v) is 3.07. The van der Waals surface area contributed by atoms with Crippen LogP contribution in [0.2, 0.25) is 0 Å². The van der Waals surface area contributed by atoms with Gasteiger partial charge < -0.3 is 9.88 Å². The molecule has 3 rings (SSSR count). The Morgan fingerprint density at radius 2 is 2.29 bits per heavy atom. The number of nitrogens with one attached hydrogen (secondary N) is 1. The maximum Gasteiger partial charge on any atom is 0.155 e. The second kappa shape index (κ2) is 5.46. The van der Waals surface area contributed by atoms with Crippen molar-refractivity contribution < 1.29 is 0 Å². The molecule has 0 radical (unpaired) electrons. The van der Waals surface area contributed by atoms with E-state index in [1.165, 1.54) is 6.33 Å². The second-order valence-corrected chi connectivity index (χ2v) is 4.55. The molecule has 0 saturated heterocycles. The average Bonchev–Trinajstić information content (AvgIpc) is 3.15. The fraction of sp³-hybridized carbons (Fsp3) is 0.143. The summed E-state index contributed by atoms with van der Waals surface area (Å²) in [6.45, 7) is 0.639. The van der Waals surface area contributed by atoms with Gasteiger partial charge in [0.05, 0.1) is 11.9 Å². The van der Waals surface area contributed by atoms with Crippen LogP contribution < -0.4 is 5.32 Å². The van der Waals surface area contributed by atoms with Crippen molar-refractivity contribution in [1.82, 2.24) is 24.3 Å². The van der Waals surface area contributed by atoms with E-state index in [-0.39, 0.29) is 0 Å². The Bertz CT molecular complexity index is 763. The van der Waals surface area contributed by atoms with Crippen LogP contribution in [-0.2, 0) is 13.6 Å². The van der Waals surface area contributed by atoms with Gasteiger partial charge in [0, 0.05) is 19.8 Å². The second-order valence-electron chi connectivity index (χ2n) is 4.55. The summed E-state index contributed by atoms with van der Waals surface area (Å²) < 4.78 is 3.41. The molecule has 7 heteroatoms. The molecule has 0 unspecified atom stereocenters. The van der Waals surface area contributed by atoms with Crippen molar-refractivity contribution in [3.63, 3.8) is 0 Å². The topological polar surface area (TPSA) is 84.3 Å². The van der Waals surface area contributed by atoms with Crippen molar-refractivity contribution in [2.75, 3.05) is 5.32 Å². The van der Waals surface area contributed by atoms with Crippen molar-refractivity contribution in [2.24, 2.45) is 7.05 Å². The van der Waals surface area contributed by atoms with E-state index in [0.29, 0.717) is 18.1 Å². The summed E-state index contributed by atoms with van der Waals surface area (Å²) in [5.41, 5.74) is 2.60. The predicted octanol–water partition coefficient (Wildman–Crippen LogP) is 1.48. The lowest BCUT2D eigenvalue weighted by Gasteiger charge is -2.05. The average molecular weight is 279 g/mol. The number of anilines is 1. The first kappa shape index (κ1) is 12.9. The summed E-state index contributed by atoms with van der Waals surface area (Å²) in [6, 6.07) is 7.80. The van der Waals surface area contributed by atoms with Crippen molar-refractivity contribution in [1.29, 1.82) is 5.26 Å². The number of hydrogen-bond donors (Lipinski definition) is 1. The predicted molar refractivity (Wildman–Crippen MR) is 76.6 cm³/mol. The van der Waals surface area contributed by atoms with Gasteiger partial charge >= 0.3 is 0 Å². The summed E-state index contributed by atoms with van der Waals surface area (Å²) in [5.74, 6) is 0.713. The van der Waals surface area contributed by atoms with E-state index in [4.69, 9.17) is 5.26 Å². The van der Waals surface area contributed by atoms with Crippen LogP contribution in [0.1, 0.15) is 11.3 Å². The standard InChI is InChI=1S/C14H13N7/c1-20-8-11(4-13(20)5-15)6-17-12-2-3-14(18-7-12)21-10-16-9-19-21/h2-4,7-10,17H,6H2,1H3. The molecule has 0 bridgehead atoms. The SMILES string of the molecule is Cn1cc(CNc2ccc(-n3cncn3)nc2)cc1C#N. The Labute approximate surface area is 121 Å². The van der Waals surface area contributed by atoms with Crippen LogP contribution in [-0.4, -0.2) is 24.3 Å². The van der Waals surface area contributed by atoms with Gasteiger partial charge in [0.1, 0.15) is 24.4 Å². The quantitative estimate of drug-likeness (QED) is 0.782. The minimum absolute atomic E-state index is 0.639. The number of hydrogen-bond acceptors (Lipinski definition) is 5. The van der Waals surface area contributed by atoms with Gasteiger partial charge in [-0.1, -0.05) is 0 Å². The highest BCUT2D eigenvalue weighted by molar-refractivity contribution is 5.44. The van der Waals surface area contributed by atoms with Crippen molar-refractivity contribution in [3.05, 3.63) is 54.5 Å². The number of nitrogens with zero attached hydrogens (tertiary/aromatic N) is 6. The number of rotatable bonds is 4. The zero-order valence-corrected chi connectivity index (χ0v) is 11.4. The van der Waals surface area contributed by atoms with Gasteiger partial charge in [0.15, 0.2) is 5.82 Å². The van der Waals surface area contributed by atoms with Gasteiger partial charge in [-0.3, -0.25) is 0 Å². The molecule has 3 aromatic rings. The Balaban J connectivity index is 1.67. The zero-order chi connectivity index (χ0) is 14.7. The van der Waals surface area contributed by atoms with E-state index in [1.807, 2.05) is 36.0 Å². The fourth-order valence-corrected chi connectivity index (χ4v) is 2.00. The Morgan fingerprint density at radius 1 is 1.38 bits per heavy atom. The lowest BCUT2D eigenvalue weighted by molar-refractivity contribution is 0.845. The first-order valence-corrected chi connectivity index (χ1v) is 6.36. The summed E-state index contributed by atoms with van der Waals surface area (Å²) in [5, 5.41) is 16.2. The van der Waals surface area contributed by atoms with Gasteiger partial charge in [-0.05, 0) is 23.8 Å². The molecule has 0 aromatic carbocycles. The summed E-state index contributed by atoms with van der Waals surface area (Å²) >= 11 is 0. The Morgan fingerprint density at radius 3 is 2.90 bits per heavy atom. The van der Waals surface area contributed by atoms with E-state index in [9.17, 15) is 0 Å². The number of aromatic nitrogens is 5. The molecule has 0 saturated carbocycles. The lowest BCUT2D eigenvalue weighted by atomic mass is 10.3. The number of nitriles is 1. The zero-order valence-electron chi connectivity index (χ0n) is 11.4. The van der Waals surface area contributed by atoms with E-state index >= 15 is 0 Å². The third-order valence-electron chi connectivity index (χ3n) is 3.07. The van der Waals surface area contributed by atoms with Crippen molar-refractivity contribution in [2.45, 2.75) is 6.54 Å². The largest absolute Gasteiger partial charge is 0.380 e. The first-order valence-electron chi connectivity index (χ1n) is 6.36. The molecule has 1 N–H and O–H groups in total. The molecule has 0 aliphatic heterocycles. The lowest BCUT2D eigenvalue weighted by Crippen LogP contribution is -2.01. The minimum atomic E-state index is 0.639. The molecule has 7 nitrogen and oxygen atoms in total. The van der Waals surface area contributed by atoms with Crippen LogP contribution >= 0.6 is 0 Å². The normalized spacial score (nSPS) is 10.3. The Kier molecular flexibility index (Phi) is 3.35. The summed E-state index contributed by atoms with van der Waals surface area (Å²) in [4.78, 5) is 8.20. The smallest absolute Gasteiger partial charge is 0.155 e. The van der Waals surface area contributed by atoms with Gasteiger partial charge in [0.25, 0.3) is 0 Å². The van der Waals surface area contributed by atoms with Crippen LogP contribution in [0.15, 0.2) is 43.2 Å². The van der Waals surface area contributed by atoms with Crippen molar-refractivity contribution >= 4 is 5.69 Å². The molecular formula is C14H13N7. The van der Waals surface area contributed by atoms with Crippen LogP contribution in [0.25, 0.3) is 5.82 Å². The van der Waals surface area contributed by atoms with Gasteiger partial charge in [0.2, 0.25) is 0 Å². The van der Waals surface area contributed by atoms with Crippen LogP contribution in [0.4, 0.5) is 5.69 Å². The first-order chi connectivity index (χ1) is 10.3. The highest BCUT2D eigenvalue weighted by atomic mass is 15.3. The maximum atomic E-state index is 8.92. The van der Waals surface area contributed by atoms with E-state index in [2.05, 4.69) is 26.5 Å². The van der Waals surface area contributed by atoms with Gasteiger partial charge in [-0.25, -0.2) is 14.6 Å². The molecule has 0 aliphatic carbocycles.